The number of amides is 1. The lowest BCUT2D eigenvalue weighted by Crippen LogP contribution is -2.30. The SMILES string of the molecule is CCOC(=O)c1c(-c2ccc(C)cc2)csc1NC(=O)C(C)Oc1cccc(OC)c1. The molecule has 1 unspecified atom stereocenters. The van der Waals surface area contributed by atoms with Crippen LogP contribution in [0.1, 0.15) is 29.8 Å². The second-order valence-electron chi connectivity index (χ2n) is 6.87. The average Bonchev–Trinajstić information content (AvgIpc) is 3.18. The topological polar surface area (TPSA) is 73.9 Å². The van der Waals surface area contributed by atoms with Crippen LogP contribution in [0.3, 0.4) is 0 Å². The van der Waals surface area contributed by atoms with Gasteiger partial charge in [0.15, 0.2) is 6.10 Å². The van der Waals surface area contributed by atoms with E-state index in [1.807, 2.05) is 36.6 Å². The van der Waals surface area contributed by atoms with E-state index in [4.69, 9.17) is 14.2 Å². The van der Waals surface area contributed by atoms with Gasteiger partial charge in [-0.15, -0.1) is 11.3 Å². The zero-order valence-corrected chi connectivity index (χ0v) is 18.7. The molecular weight excluding hydrogens is 414 g/mol. The van der Waals surface area contributed by atoms with Crippen molar-refractivity contribution in [3.05, 3.63) is 65.0 Å². The maximum absolute atomic E-state index is 12.8. The van der Waals surface area contributed by atoms with Gasteiger partial charge in [0.1, 0.15) is 22.1 Å². The molecule has 1 N–H and O–H groups in total. The van der Waals surface area contributed by atoms with Crippen LogP contribution in [0.4, 0.5) is 5.00 Å². The molecule has 0 spiro atoms. The molecule has 7 heteroatoms. The summed E-state index contributed by atoms with van der Waals surface area (Å²) in [6, 6.07) is 14.9. The van der Waals surface area contributed by atoms with Gasteiger partial charge in [0, 0.05) is 17.0 Å². The van der Waals surface area contributed by atoms with Crippen LogP contribution >= 0.6 is 11.3 Å². The van der Waals surface area contributed by atoms with E-state index < -0.39 is 12.1 Å². The molecule has 0 radical (unpaired) electrons. The minimum atomic E-state index is -0.785. The Kier molecular flexibility index (Phi) is 7.31. The van der Waals surface area contributed by atoms with Crippen molar-refractivity contribution >= 4 is 28.2 Å². The molecule has 3 aromatic rings. The van der Waals surface area contributed by atoms with Crippen LogP contribution in [0.25, 0.3) is 11.1 Å². The third-order valence-corrected chi connectivity index (χ3v) is 5.49. The first-order chi connectivity index (χ1) is 14.9. The van der Waals surface area contributed by atoms with Crippen molar-refractivity contribution < 1.29 is 23.8 Å². The number of ether oxygens (including phenoxy) is 3. The summed E-state index contributed by atoms with van der Waals surface area (Å²) in [5.41, 5.74) is 3.07. The van der Waals surface area contributed by atoms with E-state index in [1.54, 1.807) is 45.2 Å². The highest BCUT2D eigenvalue weighted by Gasteiger charge is 2.25. The average molecular weight is 440 g/mol. The Balaban J connectivity index is 1.83. The summed E-state index contributed by atoms with van der Waals surface area (Å²) < 4.78 is 16.2. The number of thiophene rings is 1. The van der Waals surface area contributed by atoms with Gasteiger partial charge in [0.05, 0.1) is 13.7 Å². The molecule has 6 nitrogen and oxygen atoms in total. The van der Waals surface area contributed by atoms with E-state index in [2.05, 4.69) is 5.32 Å². The monoisotopic (exact) mass is 439 g/mol. The van der Waals surface area contributed by atoms with Crippen LogP contribution in [0, 0.1) is 6.92 Å². The molecule has 0 aliphatic heterocycles. The molecule has 0 bridgehead atoms. The first-order valence-electron chi connectivity index (χ1n) is 9.90. The van der Waals surface area contributed by atoms with Gasteiger partial charge in [-0.25, -0.2) is 4.79 Å². The standard InChI is InChI=1S/C24H25NO5S/c1-5-29-24(27)21-20(17-11-9-15(2)10-12-17)14-31-23(21)25-22(26)16(3)30-19-8-6-7-18(13-19)28-4/h6-14,16H,5H2,1-4H3,(H,25,26). The van der Waals surface area contributed by atoms with E-state index in [0.717, 1.165) is 16.7 Å². The minimum absolute atomic E-state index is 0.241. The molecule has 162 valence electrons. The number of hydrogen-bond acceptors (Lipinski definition) is 6. The van der Waals surface area contributed by atoms with Gasteiger partial charge in [0.2, 0.25) is 0 Å². The van der Waals surface area contributed by atoms with Gasteiger partial charge in [-0.3, -0.25) is 4.79 Å². The summed E-state index contributed by atoms with van der Waals surface area (Å²) in [6.07, 6.45) is -0.785. The highest BCUT2D eigenvalue weighted by atomic mass is 32.1. The Hall–Kier alpha value is -3.32. The van der Waals surface area contributed by atoms with Gasteiger partial charge >= 0.3 is 5.97 Å². The number of hydrogen-bond donors (Lipinski definition) is 1. The van der Waals surface area contributed by atoms with Crippen molar-refractivity contribution in [2.75, 3.05) is 19.0 Å². The summed E-state index contributed by atoms with van der Waals surface area (Å²) in [4.78, 5) is 25.5. The maximum Gasteiger partial charge on any atom is 0.341 e. The van der Waals surface area contributed by atoms with Crippen molar-refractivity contribution in [3.63, 3.8) is 0 Å². The molecule has 2 aromatic carbocycles. The Labute approximate surface area is 185 Å². The molecule has 0 saturated heterocycles. The van der Waals surface area contributed by atoms with E-state index in [0.29, 0.717) is 22.1 Å². The smallest absolute Gasteiger partial charge is 0.341 e. The molecule has 0 aliphatic carbocycles. The molecule has 1 atom stereocenters. The third kappa shape index (κ3) is 5.44. The number of carbonyl (C=O) groups is 2. The van der Waals surface area contributed by atoms with Crippen LogP contribution in [-0.4, -0.2) is 31.7 Å². The van der Waals surface area contributed by atoms with Crippen molar-refractivity contribution in [2.45, 2.75) is 26.9 Å². The highest BCUT2D eigenvalue weighted by molar-refractivity contribution is 7.15. The summed E-state index contributed by atoms with van der Waals surface area (Å²) >= 11 is 1.28. The third-order valence-electron chi connectivity index (χ3n) is 4.59. The van der Waals surface area contributed by atoms with Crippen molar-refractivity contribution in [1.29, 1.82) is 0 Å². The van der Waals surface area contributed by atoms with Crippen molar-refractivity contribution in [3.8, 4) is 22.6 Å². The van der Waals surface area contributed by atoms with Gasteiger partial charge in [-0.05, 0) is 38.5 Å². The molecule has 31 heavy (non-hydrogen) atoms. The van der Waals surface area contributed by atoms with E-state index >= 15 is 0 Å². The predicted octanol–water partition coefficient (Wildman–Crippen LogP) is 5.31. The molecule has 0 fully saturated rings. The second kappa shape index (κ2) is 10.1. The maximum atomic E-state index is 12.8. The van der Waals surface area contributed by atoms with Crippen LogP contribution in [0.15, 0.2) is 53.9 Å². The Morgan fingerprint density at radius 2 is 1.81 bits per heavy atom. The largest absolute Gasteiger partial charge is 0.497 e. The summed E-state index contributed by atoms with van der Waals surface area (Å²) in [7, 11) is 1.56. The van der Waals surface area contributed by atoms with Crippen LogP contribution in [0.5, 0.6) is 11.5 Å². The number of aryl methyl sites for hydroxylation is 1. The Bertz CT molecular complexity index is 1060. The summed E-state index contributed by atoms with van der Waals surface area (Å²) in [5, 5.41) is 5.10. The van der Waals surface area contributed by atoms with E-state index in [9.17, 15) is 9.59 Å². The highest BCUT2D eigenvalue weighted by Crippen LogP contribution is 2.36. The number of esters is 1. The summed E-state index contributed by atoms with van der Waals surface area (Å²) in [6.45, 7) is 5.63. The molecule has 1 heterocycles. The van der Waals surface area contributed by atoms with Gasteiger partial charge in [0.25, 0.3) is 5.91 Å². The fourth-order valence-electron chi connectivity index (χ4n) is 2.95. The van der Waals surface area contributed by atoms with E-state index in [-0.39, 0.29) is 12.5 Å². The first-order valence-corrected chi connectivity index (χ1v) is 10.8. The molecule has 1 aromatic heterocycles. The quantitative estimate of drug-likeness (QED) is 0.481. The number of anilines is 1. The normalized spacial score (nSPS) is 11.5. The lowest BCUT2D eigenvalue weighted by atomic mass is 10.0. The van der Waals surface area contributed by atoms with Crippen LogP contribution in [0.2, 0.25) is 0 Å². The second-order valence-corrected chi connectivity index (χ2v) is 7.75. The Morgan fingerprint density at radius 3 is 2.48 bits per heavy atom. The van der Waals surface area contributed by atoms with Crippen LogP contribution in [-0.2, 0) is 9.53 Å². The number of rotatable bonds is 8. The van der Waals surface area contributed by atoms with E-state index in [1.165, 1.54) is 11.3 Å². The first kappa shape index (κ1) is 22.4. The zero-order chi connectivity index (χ0) is 22.4. The fraction of sp³-hybridized carbons (Fsp3) is 0.250. The number of methoxy groups -OCH3 is 1. The molecule has 1 amide bonds. The van der Waals surface area contributed by atoms with Gasteiger partial charge < -0.3 is 19.5 Å². The minimum Gasteiger partial charge on any atom is -0.497 e. The van der Waals surface area contributed by atoms with Crippen molar-refractivity contribution in [2.24, 2.45) is 0 Å². The molecular formula is C24H25NO5S. The molecule has 0 aliphatic rings. The van der Waals surface area contributed by atoms with Crippen molar-refractivity contribution in [1.82, 2.24) is 0 Å². The summed E-state index contributed by atoms with van der Waals surface area (Å²) in [5.74, 6) is 0.302. The lowest BCUT2D eigenvalue weighted by Gasteiger charge is -2.15. The molecule has 3 rings (SSSR count). The lowest BCUT2D eigenvalue weighted by molar-refractivity contribution is -0.122. The van der Waals surface area contributed by atoms with Gasteiger partial charge in [-0.1, -0.05) is 35.9 Å². The number of nitrogens with one attached hydrogen (secondary N) is 1. The fourth-order valence-corrected chi connectivity index (χ4v) is 3.91. The number of carbonyl (C=O) groups excluding carboxylic acids is 2. The number of benzene rings is 2. The molecule has 0 saturated carbocycles. The zero-order valence-electron chi connectivity index (χ0n) is 17.9. The van der Waals surface area contributed by atoms with Crippen LogP contribution < -0.4 is 14.8 Å². The Morgan fingerprint density at radius 1 is 1.10 bits per heavy atom. The predicted molar refractivity (Wildman–Crippen MR) is 122 cm³/mol. The van der Waals surface area contributed by atoms with Gasteiger partial charge in [-0.2, -0.15) is 0 Å².